The Morgan fingerprint density at radius 1 is 0.297 bits per heavy atom. The van der Waals surface area contributed by atoms with Crippen LogP contribution in [-0.2, 0) is 5.41 Å². The van der Waals surface area contributed by atoms with Crippen molar-refractivity contribution in [3.05, 3.63) is 217 Å². The molecule has 1 nitrogen and oxygen atoms in total. The van der Waals surface area contributed by atoms with Crippen molar-refractivity contribution < 1.29 is 4.42 Å². The summed E-state index contributed by atoms with van der Waals surface area (Å²) < 4.78 is 6.58. The molecule has 13 aromatic rings. The molecule has 1 heteroatoms. The van der Waals surface area contributed by atoms with Gasteiger partial charge < -0.3 is 4.42 Å². The molecule has 0 amide bonds. The molecule has 0 bridgehead atoms. The minimum atomic E-state index is -0.0700. The van der Waals surface area contributed by atoms with Crippen molar-refractivity contribution in [2.75, 3.05) is 0 Å². The molecule has 1 aliphatic carbocycles. The lowest BCUT2D eigenvalue weighted by Crippen LogP contribution is -2.14. The van der Waals surface area contributed by atoms with Crippen LogP contribution >= 0.6 is 0 Å². The molecule has 0 unspecified atom stereocenters. The van der Waals surface area contributed by atoms with E-state index in [9.17, 15) is 0 Å². The predicted molar refractivity (Wildman–Crippen MR) is 273 cm³/mol. The standard InChI is InChI=1S/C63H40O/c1-63(2)55-29-26-39(34-54(55)62-44-16-6-4-14-38(44)25-30-56(62)63)40-27-31-57-51(33-40)52-35-42(28-32-58(52)64-57)60-47-19-9-11-21-49(47)61(50-22-12-10-20-48(50)60)53-36-41-24-23-37-13-3-5-15-43(37)59(41)46-18-8-7-17-45(46)53/h3-36H,1-2H3. The molecule has 14 rings (SSSR count). The van der Waals surface area contributed by atoms with Crippen molar-refractivity contribution in [2.24, 2.45) is 0 Å². The number of rotatable bonds is 3. The second-order valence-electron chi connectivity index (χ2n) is 18.3. The summed E-state index contributed by atoms with van der Waals surface area (Å²) in [5.41, 5.74) is 14.6. The second-order valence-corrected chi connectivity index (χ2v) is 18.3. The van der Waals surface area contributed by atoms with Gasteiger partial charge in [-0.25, -0.2) is 0 Å². The van der Waals surface area contributed by atoms with Gasteiger partial charge in [0.25, 0.3) is 0 Å². The van der Waals surface area contributed by atoms with E-state index in [4.69, 9.17) is 4.42 Å². The topological polar surface area (TPSA) is 13.1 Å². The first kappa shape index (κ1) is 35.6. The van der Waals surface area contributed by atoms with Gasteiger partial charge in [-0.2, -0.15) is 0 Å². The average Bonchev–Trinajstić information content (AvgIpc) is 3.83. The molecule has 0 N–H and O–H groups in total. The van der Waals surface area contributed by atoms with Crippen LogP contribution < -0.4 is 0 Å². The highest BCUT2D eigenvalue weighted by Gasteiger charge is 2.36. The number of furan rings is 1. The molecule has 0 aliphatic heterocycles. The Hall–Kier alpha value is -8.00. The van der Waals surface area contributed by atoms with Gasteiger partial charge in [0.2, 0.25) is 0 Å². The Morgan fingerprint density at radius 2 is 0.781 bits per heavy atom. The smallest absolute Gasteiger partial charge is 0.135 e. The van der Waals surface area contributed by atoms with Crippen LogP contribution in [0.5, 0.6) is 0 Å². The zero-order chi connectivity index (χ0) is 42.3. The molecular formula is C63H40O. The quantitative estimate of drug-likeness (QED) is 0.128. The fourth-order valence-corrected chi connectivity index (χ4v) is 11.6. The van der Waals surface area contributed by atoms with Crippen molar-refractivity contribution in [2.45, 2.75) is 19.3 Å². The van der Waals surface area contributed by atoms with Gasteiger partial charge in [0.1, 0.15) is 11.2 Å². The van der Waals surface area contributed by atoms with E-state index in [2.05, 4.69) is 220 Å². The Balaban J connectivity index is 0.965. The van der Waals surface area contributed by atoms with Crippen LogP contribution in [0.1, 0.15) is 25.0 Å². The normalized spacial score (nSPS) is 13.3. The number of benzene rings is 12. The fourth-order valence-electron chi connectivity index (χ4n) is 11.6. The minimum Gasteiger partial charge on any atom is -0.456 e. The van der Waals surface area contributed by atoms with Gasteiger partial charge in [-0.05, 0) is 157 Å². The highest BCUT2D eigenvalue weighted by Crippen LogP contribution is 2.53. The zero-order valence-corrected chi connectivity index (χ0v) is 35.5. The summed E-state index contributed by atoms with van der Waals surface area (Å²) in [5.74, 6) is 0. The van der Waals surface area contributed by atoms with Gasteiger partial charge in [-0.3, -0.25) is 0 Å². The second kappa shape index (κ2) is 13.0. The number of hydrogen-bond donors (Lipinski definition) is 0. The zero-order valence-electron chi connectivity index (χ0n) is 35.5. The molecule has 0 radical (unpaired) electrons. The first-order valence-electron chi connectivity index (χ1n) is 22.4. The van der Waals surface area contributed by atoms with E-state index >= 15 is 0 Å². The molecule has 12 aromatic carbocycles. The molecule has 0 saturated heterocycles. The molecule has 0 fully saturated rings. The molecule has 0 atom stereocenters. The van der Waals surface area contributed by atoms with Crippen molar-refractivity contribution in [1.82, 2.24) is 0 Å². The van der Waals surface area contributed by atoms with Gasteiger partial charge in [0.05, 0.1) is 0 Å². The summed E-state index contributed by atoms with van der Waals surface area (Å²) in [6.07, 6.45) is 0. The van der Waals surface area contributed by atoms with Crippen molar-refractivity contribution in [3.63, 3.8) is 0 Å². The molecular weight excluding hydrogens is 773 g/mol. The van der Waals surface area contributed by atoms with E-state index < -0.39 is 0 Å². The molecule has 0 saturated carbocycles. The first-order chi connectivity index (χ1) is 31.5. The van der Waals surface area contributed by atoms with E-state index in [1.54, 1.807) is 0 Å². The highest BCUT2D eigenvalue weighted by molar-refractivity contribution is 6.29. The van der Waals surface area contributed by atoms with Gasteiger partial charge >= 0.3 is 0 Å². The van der Waals surface area contributed by atoms with Gasteiger partial charge in [-0.15, -0.1) is 0 Å². The third-order valence-corrected chi connectivity index (χ3v) is 14.6. The fraction of sp³-hybridized carbons (Fsp3) is 0.0476. The summed E-state index contributed by atoms with van der Waals surface area (Å²) in [7, 11) is 0. The Labute approximate surface area is 370 Å². The summed E-state index contributed by atoms with van der Waals surface area (Å²) in [5, 5.41) is 17.5. The van der Waals surface area contributed by atoms with E-state index in [-0.39, 0.29) is 5.41 Å². The molecule has 298 valence electrons. The number of fused-ring (bicyclic) bond motifs is 15. The number of hydrogen-bond acceptors (Lipinski definition) is 1. The Bertz CT molecular complexity index is 4100. The lowest BCUT2D eigenvalue weighted by molar-refractivity contribution is 0.661. The van der Waals surface area contributed by atoms with E-state index in [1.807, 2.05) is 0 Å². The molecule has 1 heterocycles. The van der Waals surface area contributed by atoms with Crippen molar-refractivity contribution in [1.29, 1.82) is 0 Å². The highest BCUT2D eigenvalue weighted by atomic mass is 16.3. The maximum Gasteiger partial charge on any atom is 0.135 e. The molecule has 64 heavy (non-hydrogen) atoms. The van der Waals surface area contributed by atoms with Gasteiger partial charge in [-0.1, -0.05) is 184 Å². The first-order valence-corrected chi connectivity index (χ1v) is 22.4. The third-order valence-electron chi connectivity index (χ3n) is 14.6. The van der Waals surface area contributed by atoms with Crippen LogP contribution in [0.4, 0.5) is 0 Å². The summed E-state index contributed by atoms with van der Waals surface area (Å²) in [6, 6.07) is 76.7. The van der Waals surface area contributed by atoms with Crippen molar-refractivity contribution >= 4 is 86.6 Å². The summed E-state index contributed by atoms with van der Waals surface area (Å²) in [6.45, 7) is 4.72. The van der Waals surface area contributed by atoms with E-state index in [0.29, 0.717) is 0 Å². The maximum atomic E-state index is 6.58. The van der Waals surface area contributed by atoms with Crippen LogP contribution in [0.15, 0.2) is 211 Å². The largest absolute Gasteiger partial charge is 0.456 e. The summed E-state index contributed by atoms with van der Waals surface area (Å²) in [4.78, 5) is 0. The maximum absolute atomic E-state index is 6.58. The lowest BCUT2D eigenvalue weighted by Gasteiger charge is -2.21. The predicted octanol–water partition coefficient (Wildman–Crippen LogP) is 17.8. The van der Waals surface area contributed by atoms with E-state index in [1.165, 1.54) is 120 Å². The van der Waals surface area contributed by atoms with Crippen LogP contribution in [-0.4, -0.2) is 0 Å². The van der Waals surface area contributed by atoms with Crippen LogP contribution in [0.25, 0.3) is 131 Å². The molecule has 0 spiro atoms. The minimum absolute atomic E-state index is 0.0700. The van der Waals surface area contributed by atoms with Crippen LogP contribution in [0.3, 0.4) is 0 Å². The summed E-state index contributed by atoms with van der Waals surface area (Å²) >= 11 is 0. The van der Waals surface area contributed by atoms with Gasteiger partial charge in [0, 0.05) is 16.2 Å². The monoisotopic (exact) mass is 812 g/mol. The SMILES string of the molecule is CC1(C)c2ccc(-c3ccc4oc5ccc(-c6c7ccccc7c(-c7cc8ccc9ccccc9c8c8ccccc78)c7ccccc67)cc5c4c3)cc2-c2c1ccc1ccccc21. The lowest BCUT2D eigenvalue weighted by atomic mass is 9.82. The van der Waals surface area contributed by atoms with E-state index in [0.717, 1.165) is 21.9 Å². The Kier molecular flexibility index (Phi) is 7.24. The van der Waals surface area contributed by atoms with Crippen molar-refractivity contribution in [3.8, 4) is 44.5 Å². The van der Waals surface area contributed by atoms with Gasteiger partial charge in [0.15, 0.2) is 0 Å². The average molecular weight is 813 g/mol. The molecule has 1 aromatic heterocycles. The third kappa shape index (κ3) is 4.90. The van der Waals surface area contributed by atoms with Crippen LogP contribution in [0.2, 0.25) is 0 Å². The molecule has 1 aliphatic rings. The van der Waals surface area contributed by atoms with Crippen LogP contribution in [0, 0.1) is 0 Å². The Morgan fingerprint density at radius 3 is 1.48 bits per heavy atom.